The number of aryl methyl sites for hydroxylation is 1. The van der Waals surface area contributed by atoms with Crippen LogP contribution >= 0.6 is 11.8 Å². The largest absolute Gasteiger partial charge is 0.396 e. The molecule has 1 amide bonds. The van der Waals surface area contributed by atoms with Crippen LogP contribution in [0, 0.1) is 0 Å². The first-order valence-corrected chi connectivity index (χ1v) is 6.60. The van der Waals surface area contributed by atoms with E-state index in [1.54, 1.807) is 17.9 Å². The van der Waals surface area contributed by atoms with Gasteiger partial charge in [0.2, 0.25) is 0 Å². The molecule has 1 aromatic heterocycles. The topological polar surface area (TPSA) is 64.2 Å². The second-order valence-corrected chi connectivity index (χ2v) is 6.74. The molecule has 1 aromatic rings. The number of aromatic nitrogens is 2. The minimum absolute atomic E-state index is 0.0588. The number of hydrogen-bond donors (Lipinski definition) is 1. The number of anilines is 1. The molecule has 0 atom stereocenters. The van der Waals surface area contributed by atoms with Crippen molar-refractivity contribution in [3.8, 4) is 0 Å². The fourth-order valence-corrected chi connectivity index (χ4v) is 3.12. The van der Waals surface area contributed by atoms with Gasteiger partial charge in [-0.05, 0) is 13.8 Å². The Morgan fingerprint density at radius 3 is 2.82 bits per heavy atom. The number of hydrogen-bond acceptors (Lipinski definition) is 4. The molecule has 17 heavy (non-hydrogen) atoms. The van der Waals surface area contributed by atoms with Gasteiger partial charge in [0.1, 0.15) is 0 Å². The molecule has 0 bridgehead atoms. The number of thioether (sulfide) groups is 1. The summed E-state index contributed by atoms with van der Waals surface area (Å²) >= 11 is 1.90. The van der Waals surface area contributed by atoms with Gasteiger partial charge < -0.3 is 10.6 Å². The van der Waals surface area contributed by atoms with Crippen molar-refractivity contribution in [1.82, 2.24) is 14.7 Å². The predicted octanol–water partition coefficient (Wildman–Crippen LogP) is 0.970. The molecule has 0 saturated carbocycles. The summed E-state index contributed by atoms with van der Waals surface area (Å²) in [6.45, 7) is 5.81. The molecule has 0 aliphatic carbocycles. The van der Waals surface area contributed by atoms with E-state index in [2.05, 4.69) is 18.9 Å². The first-order valence-electron chi connectivity index (χ1n) is 5.61. The number of nitrogens with two attached hydrogens (primary N) is 1. The zero-order valence-corrected chi connectivity index (χ0v) is 11.3. The summed E-state index contributed by atoms with van der Waals surface area (Å²) in [5.41, 5.74) is 6.60. The van der Waals surface area contributed by atoms with Crippen LogP contribution in [0.2, 0.25) is 0 Å². The number of carbonyl (C=O) groups excluding carboxylic acids is 1. The monoisotopic (exact) mass is 254 g/mol. The van der Waals surface area contributed by atoms with Crippen LogP contribution in [0.4, 0.5) is 5.69 Å². The number of amides is 1. The summed E-state index contributed by atoms with van der Waals surface area (Å²) in [7, 11) is 1.77. The summed E-state index contributed by atoms with van der Waals surface area (Å²) in [5, 5.41) is 4.13. The number of nitrogens with zero attached hydrogens (tertiary/aromatic N) is 3. The van der Waals surface area contributed by atoms with Crippen molar-refractivity contribution in [3.63, 3.8) is 0 Å². The molecule has 94 valence electrons. The molecule has 0 spiro atoms. The molecule has 2 N–H and O–H groups in total. The summed E-state index contributed by atoms with van der Waals surface area (Å²) in [6, 6.07) is 0. The molecule has 1 aliphatic heterocycles. The lowest BCUT2D eigenvalue weighted by atomic mass is 10.1. The molecule has 1 aliphatic rings. The van der Waals surface area contributed by atoms with Crippen molar-refractivity contribution in [2.75, 3.05) is 24.6 Å². The molecule has 1 saturated heterocycles. The standard InChI is InChI=1S/C11H18N4OS/c1-11(2)7-15(4-5-17-11)10(16)9-8(12)6-14(3)13-9/h6H,4-5,7,12H2,1-3H3. The Labute approximate surface area is 105 Å². The Morgan fingerprint density at radius 1 is 1.59 bits per heavy atom. The summed E-state index contributed by atoms with van der Waals surface area (Å²) in [4.78, 5) is 14.1. The molecular formula is C11H18N4OS. The Balaban J connectivity index is 2.18. The van der Waals surface area contributed by atoms with Gasteiger partial charge in [0.15, 0.2) is 5.69 Å². The molecule has 2 rings (SSSR count). The van der Waals surface area contributed by atoms with Crippen molar-refractivity contribution >= 4 is 23.4 Å². The van der Waals surface area contributed by atoms with E-state index in [1.165, 1.54) is 0 Å². The van der Waals surface area contributed by atoms with Crippen LogP contribution in [0.3, 0.4) is 0 Å². The van der Waals surface area contributed by atoms with Crippen LogP contribution in [0.25, 0.3) is 0 Å². The molecule has 5 nitrogen and oxygen atoms in total. The van der Waals surface area contributed by atoms with Crippen molar-refractivity contribution < 1.29 is 4.79 Å². The van der Waals surface area contributed by atoms with Crippen molar-refractivity contribution in [1.29, 1.82) is 0 Å². The average molecular weight is 254 g/mol. The molecule has 2 heterocycles. The van der Waals surface area contributed by atoms with Gasteiger partial charge in [0, 0.05) is 36.8 Å². The Kier molecular flexibility index (Phi) is 3.07. The summed E-state index contributed by atoms with van der Waals surface area (Å²) < 4.78 is 1.68. The lowest BCUT2D eigenvalue weighted by molar-refractivity contribution is 0.0742. The van der Waals surface area contributed by atoms with Crippen molar-refractivity contribution in [2.45, 2.75) is 18.6 Å². The van der Waals surface area contributed by atoms with E-state index in [4.69, 9.17) is 5.73 Å². The van der Waals surface area contributed by atoms with Crippen LogP contribution in [0.5, 0.6) is 0 Å². The Morgan fingerprint density at radius 2 is 2.29 bits per heavy atom. The third kappa shape index (κ3) is 2.57. The van der Waals surface area contributed by atoms with Crippen LogP contribution in [0.15, 0.2) is 6.20 Å². The maximum atomic E-state index is 12.3. The lowest BCUT2D eigenvalue weighted by Gasteiger charge is -2.37. The van der Waals surface area contributed by atoms with Crippen LogP contribution in [-0.4, -0.2) is 44.2 Å². The average Bonchev–Trinajstić information content (AvgIpc) is 2.55. The highest BCUT2D eigenvalue weighted by atomic mass is 32.2. The van der Waals surface area contributed by atoms with Gasteiger partial charge in [-0.1, -0.05) is 0 Å². The molecule has 6 heteroatoms. The predicted molar refractivity (Wildman–Crippen MR) is 70.1 cm³/mol. The fourth-order valence-electron chi connectivity index (χ4n) is 2.01. The Bertz CT molecular complexity index is 441. The van der Waals surface area contributed by atoms with Gasteiger partial charge in [-0.3, -0.25) is 9.48 Å². The zero-order valence-electron chi connectivity index (χ0n) is 10.4. The highest BCUT2D eigenvalue weighted by Gasteiger charge is 2.31. The van der Waals surface area contributed by atoms with Gasteiger partial charge in [-0.15, -0.1) is 0 Å². The third-order valence-corrected chi connectivity index (χ3v) is 4.07. The number of rotatable bonds is 1. The maximum absolute atomic E-state index is 12.3. The molecule has 0 radical (unpaired) electrons. The van der Waals surface area contributed by atoms with E-state index < -0.39 is 0 Å². The summed E-state index contributed by atoms with van der Waals surface area (Å²) in [6.07, 6.45) is 1.66. The van der Waals surface area contributed by atoms with Crippen LogP contribution < -0.4 is 5.73 Å². The van der Waals surface area contributed by atoms with Gasteiger partial charge in [0.05, 0.1) is 5.69 Å². The maximum Gasteiger partial charge on any atom is 0.276 e. The molecule has 1 fully saturated rings. The second kappa shape index (κ2) is 4.25. The van der Waals surface area contributed by atoms with E-state index in [0.29, 0.717) is 11.4 Å². The van der Waals surface area contributed by atoms with Gasteiger partial charge in [-0.2, -0.15) is 16.9 Å². The Hall–Kier alpha value is -1.17. The minimum atomic E-state index is -0.0588. The SMILES string of the molecule is Cn1cc(N)c(C(=O)N2CCSC(C)(C)C2)n1. The zero-order chi connectivity index (χ0) is 12.6. The highest BCUT2D eigenvalue weighted by Crippen LogP contribution is 2.30. The van der Waals surface area contributed by atoms with Crippen molar-refractivity contribution in [2.24, 2.45) is 7.05 Å². The smallest absolute Gasteiger partial charge is 0.276 e. The van der Waals surface area contributed by atoms with E-state index in [1.807, 2.05) is 16.7 Å². The first kappa shape index (κ1) is 12.3. The fraction of sp³-hybridized carbons (Fsp3) is 0.636. The van der Waals surface area contributed by atoms with E-state index >= 15 is 0 Å². The molecule has 0 aromatic carbocycles. The lowest BCUT2D eigenvalue weighted by Crippen LogP contribution is -2.46. The quantitative estimate of drug-likeness (QED) is 0.811. The first-order chi connectivity index (χ1) is 7.89. The van der Waals surface area contributed by atoms with Crippen LogP contribution in [-0.2, 0) is 7.05 Å². The van der Waals surface area contributed by atoms with Crippen LogP contribution in [0.1, 0.15) is 24.3 Å². The van der Waals surface area contributed by atoms with E-state index in [-0.39, 0.29) is 10.7 Å². The normalized spacial score (nSPS) is 19.4. The molecular weight excluding hydrogens is 236 g/mol. The summed E-state index contributed by atoms with van der Waals surface area (Å²) in [5.74, 6) is 0.905. The number of nitrogen functional groups attached to an aromatic ring is 1. The van der Waals surface area contributed by atoms with Crippen molar-refractivity contribution in [3.05, 3.63) is 11.9 Å². The number of carbonyl (C=O) groups is 1. The highest BCUT2D eigenvalue weighted by molar-refractivity contribution is 8.00. The molecule has 0 unspecified atom stereocenters. The minimum Gasteiger partial charge on any atom is -0.396 e. The van der Waals surface area contributed by atoms with Gasteiger partial charge >= 0.3 is 0 Å². The third-order valence-electron chi connectivity index (χ3n) is 2.77. The van der Waals surface area contributed by atoms with Gasteiger partial charge in [-0.25, -0.2) is 0 Å². The van der Waals surface area contributed by atoms with E-state index in [9.17, 15) is 4.79 Å². The van der Waals surface area contributed by atoms with E-state index in [0.717, 1.165) is 18.8 Å². The second-order valence-electron chi connectivity index (χ2n) is 4.94. The van der Waals surface area contributed by atoms with Gasteiger partial charge in [0.25, 0.3) is 5.91 Å².